The first kappa shape index (κ1) is 23.3. The second-order valence-electron chi connectivity index (χ2n) is 6.49. The molecule has 32 heavy (non-hydrogen) atoms. The quantitative estimate of drug-likeness (QED) is 0.378. The number of hydrogen-bond donors (Lipinski definition) is 2. The molecule has 0 aliphatic carbocycles. The highest BCUT2D eigenvalue weighted by Gasteiger charge is 2.64. The van der Waals surface area contributed by atoms with Crippen molar-refractivity contribution in [2.24, 2.45) is 0 Å². The van der Waals surface area contributed by atoms with Gasteiger partial charge < -0.3 is 20.1 Å². The first-order chi connectivity index (χ1) is 15.2. The van der Waals surface area contributed by atoms with E-state index < -0.39 is 23.7 Å². The van der Waals surface area contributed by atoms with Crippen molar-refractivity contribution in [2.75, 3.05) is 18.5 Å². The second-order valence-corrected chi connectivity index (χ2v) is 7.53. The molecule has 0 aliphatic heterocycles. The molecule has 0 bridgehead atoms. The number of benzene rings is 2. The number of nitrogens with one attached hydrogen (secondary N) is 2. The van der Waals surface area contributed by atoms with Gasteiger partial charge in [0.25, 0.3) is 5.91 Å². The molecule has 170 valence electrons. The van der Waals surface area contributed by atoms with Gasteiger partial charge in [-0.05, 0) is 44.2 Å². The van der Waals surface area contributed by atoms with Crippen molar-refractivity contribution in [3.8, 4) is 5.75 Å². The lowest BCUT2D eigenvalue weighted by Gasteiger charge is -2.34. The SMILES string of the molecule is CCOC(=O)[C@](NC(=O)c1ccccc1)(Nc1nc2ccc(OCC)cc2s1)C(F)(F)F. The number of nitrogens with zero attached hydrogens (tertiary/aromatic N) is 1. The van der Waals surface area contributed by atoms with Gasteiger partial charge in [0.05, 0.1) is 23.4 Å². The fraction of sp³-hybridized carbons (Fsp3) is 0.286. The third-order valence-electron chi connectivity index (χ3n) is 4.31. The predicted octanol–water partition coefficient (Wildman–Crippen LogP) is 4.36. The Morgan fingerprint density at radius 1 is 1.06 bits per heavy atom. The maximum atomic E-state index is 14.3. The third-order valence-corrected chi connectivity index (χ3v) is 5.24. The maximum absolute atomic E-state index is 14.3. The molecule has 1 aromatic heterocycles. The number of carbonyl (C=O) groups is 2. The molecule has 0 saturated heterocycles. The van der Waals surface area contributed by atoms with E-state index in [1.165, 1.54) is 31.2 Å². The standard InChI is InChI=1S/C21H20F3N3O4S/c1-3-30-14-10-11-15-16(12-14)32-19(25-15)27-20(21(22,23)24,18(29)31-4-2)26-17(28)13-8-6-5-7-9-13/h5-12H,3-4H2,1-2H3,(H,25,27)(H,26,28)/t20-/m0/s1. The van der Waals surface area contributed by atoms with Crippen LogP contribution in [0.25, 0.3) is 10.2 Å². The molecule has 1 heterocycles. The van der Waals surface area contributed by atoms with E-state index >= 15 is 0 Å². The molecule has 0 radical (unpaired) electrons. The van der Waals surface area contributed by atoms with Crippen molar-refractivity contribution in [1.29, 1.82) is 0 Å². The third kappa shape index (κ3) is 4.77. The monoisotopic (exact) mass is 467 g/mol. The van der Waals surface area contributed by atoms with Crippen molar-refractivity contribution in [3.05, 3.63) is 54.1 Å². The Morgan fingerprint density at radius 3 is 2.41 bits per heavy atom. The van der Waals surface area contributed by atoms with Gasteiger partial charge in [-0.1, -0.05) is 29.5 Å². The molecular formula is C21H20F3N3O4S. The van der Waals surface area contributed by atoms with Crippen LogP contribution in [0.1, 0.15) is 24.2 Å². The van der Waals surface area contributed by atoms with E-state index in [1.54, 1.807) is 36.5 Å². The van der Waals surface area contributed by atoms with Gasteiger partial charge in [0, 0.05) is 5.56 Å². The summed E-state index contributed by atoms with van der Waals surface area (Å²) in [4.78, 5) is 29.3. The van der Waals surface area contributed by atoms with Crippen molar-refractivity contribution < 1.29 is 32.2 Å². The summed E-state index contributed by atoms with van der Waals surface area (Å²) in [6.45, 7) is 3.26. The Hall–Kier alpha value is -3.34. The second kappa shape index (κ2) is 9.43. The van der Waals surface area contributed by atoms with Gasteiger partial charge in [-0.2, -0.15) is 13.2 Å². The fourth-order valence-electron chi connectivity index (χ4n) is 2.84. The minimum absolute atomic E-state index is 0.0575. The summed E-state index contributed by atoms with van der Waals surface area (Å²) in [5, 5.41) is 3.65. The lowest BCUT2D eigenvalue weighted by atomic mass is 10.1. The molecule has 3 rings (SSSR count). The van der Waals surface area contributed by atoms with Gasteiger partial charge in [-0.15, -0.1) is 0 Å². The van der Waals surface area contributed by atoms with Crippen LogP contribution in [0, 0.1) is 0 Å². The van der Waals surface area contributed by atoms with E-state index in [1.807, 2.05) is 0 Å². The maximum Gasteiger partial charge on any atom is 0.442 e. The molecular weight excluding hydrogens is 447 g/mol. The van der Waals surface area contributed by atoms with E-state index in [-0.39, 0.29) is 17.3 Å². The Balaban J connectivity index is 2.04. The van der Waals surface area contributed by atoms with Crippen molar-refractivity contribution in [1.82, 2.24) is 10.3 Å². The predicted molar refractivity (Wildman–Crippen MR) is 114 cm³/mol. The Labute approximate surface area is 185 Å². The zero-order chi connectivity index (χ0) is 23.4. The molecule has 0 spiro atoms. The van der Waals surface area contributed by atoms with Crippen LogP contribution in [-0.2, 0) is 9.53 Å². The minimum atomic E-state index is -5.25. The number of anilines is 1. The van der Waals surface area contributed by atoms with Gasteiger partial charge in [-0.3, -0.25) is 4.79 Å². The van der Waals surface area contributed by atoms with E-state index in [0.717, 1.165) is 11.3 Å². The highest BCUT2D eigenvalue weighted by Crippen LogP contribution is 2.36. The average molecular weight is 467 g/mol. The topological polar surface area (TPSA) is 89.5 Å². The highest BCUT2D eigenvalue weighted by atomic mass is 32.1. The van der Waals surface area contributed by atoms with Crippen molar-refractivity contribution >= 4 is 38.6 Å². The number of hydrogen-bond acceptors (Lipinski definition) is 7. The number of aromatic nitrogens is 1. The molecule has 0 fully saturated rings. The molecule has 1 amide bonds. The first-order valence-corrected chi connectivity index (χ1v) is 10.4. The van der Waals surface area contributed by atoms with Crippen molar-refractivity contribution in [3.63, 3.8) is 0 Å². The average Bonchev–Trinajstić information content (AvgIpc) is 3.15. The molecule has 0 saturated carbocycles. The Kier molecular flexibility index (Phi) is 6.87. The Bertz CT molecular complexity index is 1100. The van der Waals surface area contributed by atoms with E-state index in [9.17, 15) is 22.8 Å². The summed E-state index contributed by atoms with van der Waals surface area (Å²) in [5.74, 6) is -2.28. The number of esters is 1. The lowest BCUT2D eigenvalue weighted by molar-refractivity contribution is -0.204. The van der Waals surface area contributed by atoms with E-state index in [4.69, 9.17) is 4.74 Å². The smallest absolute Gasteiger partial charge is 0.442 e. The van der Waals surface area contributed by atoms with Gasteiger partial charge in [-0.25, -0.2) is 9.78 Å². The molecule has 0 unspecified atom stereocenters. The first-order valence-electron chi connectivity index (χ1n) is 9.63. The van der Waals surface area contributed by atoms with Crippen LogP contribution in [0.4, 0.5) is 18.3 Å². The number of thiazole rings is 1. The van der Waals surface area contributed by atoms with Crippen LogP contribution in [-0.4, -0.2) is 41.9 Å². The number of amides is 1. The Morgan fingerprint density at radius 2 is 1.78 bits per heavy atom. The molecule has 3 aromatic rings. The normalized spacial score (nSPS) is 13.3. The van der Waals surface area contributed by atoms with Gasteiger partial charge in [0.2, 0.25) is 0 Å². The van der Waals surface area contributed by atoms with Gasteiger partial charge >= 0.3 is 17.8 Å². The highest BCUT2D eigenvalue weighted by molar-refractivity contribution is 7.22. The van der Waals surface area contributed by atoms with Crippen LogP contribution in [0.2, 0.25) is 0 Å². The van der Waals surface area contributed by atoms with Crippen molar-refractivity contribution in [2.45, 2.75) is 25.7 Å². The zero-order valence-corrected chi connectivity index (χ0v) is 18.0. The minimum Gasteiger partial charge on any atom is -0.494 e. The van der Waals surface area contributed by atoms with Crippen LogP contribution in [0.3, 0.4) is 0 Å². The summed E-state index contributed by atoms with van der Waals surface area (Å²) >= 11 is 0.877. The van der Waals surface area contributed by atoms with Crippen LogP contribution >= 0.6 is 11.3 Å². The van der Waals surface area contributed by atoms with Crippen LogP contribution in [0.5, 0.6) is 5.75 Å². The summed E-state index contributed by atoms with van der Waals surface area (Å²) in [6.07, 6.45) is -5.25. The summed E-state index contributed by atoms with van der Waals surface area (Å²) in [6, 6.07) is 12.1. The van der Waals surface area contributed by atoms with Crippen LogP contribution in [0.15, 0.2) is 48.5 Å². The van der Waals surface area contributed by atoms with Crippen LogP contribution < -0.4 is 15.4 Å². The summed E-state index contributed by atoms with van der Waals surface area (Å²) in [5.41, 5.74) is -3.21. The summed E-state index contributed by atoms with van der Waals surface area (Å²) in [7, 11) is 0. The molecule has 2 aromatic carbocycles. The molecule has 11 heteroatoms. The molecule has 2 N–H and O–H groups in total. The molecule has 0 aliphatic rings. The zero-order valence-electron chi connectivity index (χ0n) is 17.2. The lowest BCUT2D eigenvalue weighted by Crippen LogP contribution is -2.69. The van der Waals surface area contributed by atoms with E-state index in [0.29, 0.717) is 22.6 Å². The molecule has 1 atom stereocenters. The summed E-state index contributed by atoms with van der Waals surface area (Å²) < 4.78 is 53.5. The molecule has 7 nitrogen and oxygen atoms in total. The largest absolute Gasteiger partial charge is 0.494 e. The number of carbonyl (C=O) groups excluding carboxylic acids is 2. The van der Waals surface area contributed by atoms with E-state index in [2.05, 4.69) is 15.0 Å². The van der Waals surface area contributed by atoms with Gasteiger partial charge in [0.1, 0.15) is 5.75 Å². The number of alkyl halides is 3. The van der Waals surface area contributed by atoms with Gasteiger partial charge in [0.15, 0.2) is 5.13 Å². The number of ether oxygens (including phenoxy) is 2. The number of fused-ring (bicyclic) bond motifs is 1. The number of rotatable bonds is 8. The number of halogens is 3. The fourth-order valence-corrected chi connectivity index (χ4v) is 3.79.